The van der Waals surface area contributed by atoms with Crippen LogP contribution < -0.4 is 0 Å². The van der Waals surface area contributed by atoms with Crippen LogP contribution in [0.4, 0.5) is 0 Å². The lowest BCUT2D eigenvalue weighted by atomic mass is 10.2. The summed E-state index contributed by atoms with van der Waals surface area (Å²) in [5, 5.41) is 0.439. The van der Waals surface area contributed by atoms with Crippen molar-refractivity contribution in [2.24, 2.45) is 0 Å². The molecule has 2 rings (SSSR count). The first kappa shape index (κ1) is 11.8. The molecule has 1 atom stereocenters. The Kier molecular flexibility index (Phi) is 4.15. The molecule has 88 valence electrons. The van der Waals surface area contributed by atoms with Gasteiger partial charge in [-0.1, -0.05) is 0 Å². The standard InChI is InChI=1S/C11H16N2O2S/c1-14-11(15-2)8-5-6-12-10(13-8)9-4-3-7-16-9/h5-6,9,11H,3-4,7H2,1-2H3. The van der Waals surface area contributed by atoms with Crippen molar-refractivity contribution >= 4 is 11.8 Å². The Morgan fingerprint density at radius 2 is 2.25 bits per heavy atom. The van der Waals surface area contributed by atoms with E-state index in [9.17, 15) is 0 Å². The third-order valence-electron chi connectivity index (χ3n) is 2.58. The molecule has 0 radical (unpaired) electrons. The van der Waals surface area contributed by atoms with Gasteiger partial charge in [-0.15, -0.1) is 0 Å². The molecule has 0 spiro atoms. The molecule has 5 heteroatoms. The molecule has 0 N–H and O–H groups in total. The van der Waals surface area contributed by atoms with Gasteiger partial charge in [0.25, 0.3) is 0 Å². The van der Waals surface area contributed by atoms with Gasteiger partial charge in [-0.2, -0.15) is 11.8 Å². The van der Waals surface area contributed by atoms with E-state index in [4.69, 9.17) is 9.47 Å². The average Bonchev–Trinajstić information content (AvgIpc) is 2.85. The fraction of sp³-hybridized carbons (Fsp3) is 0.636. The van der Waals surface area contributed by atoms with Crippen LogP contribution in [0.5, 0.6) is 0 Å². The van der Waals surface area contributed by atoms with E-state index < -0.39 is 6.29 Å². The highest BCUT2D eigenvalue weighted by molar-refractivity contribution is 7.99. The van der Waals surface area contributed by atoms with E-state index in [1.54, 1.807) is 20.4 Å². The molecule has 0 bridgehead atoms. The predicted octanol–water partition coefficient (Wildman–Crippen LogP) is 2.34. The van der Waals surface area contributed by atoms with Crippen molar-refractivity contribution < 1.29 is 9.47 Å². The normalized spacial score (nSPS) is 20.6. The molecule has 1 unspecified atom stereocenters. The monoisotopic (exact) mass is 240 g/mol. The van der Waals surface area contributed by atoms with E-state index in [1.807, 2.05) is 17.8 Å². The Bertz CT molecular complexity index is 321. The van der Waals surface area contributed by atoms with Crippen LogP contribution in [0.15, 0.2) is 12.3 Å². The summed E-state index contributed by atoms with van der Waals surface area (Å²) in [6.07, 6.45) is 3.80. The Balaban J connectivity index is 2.18. The van der Waals surface area contributed by atoms with Crippen molar-refractivity contribution in [2.75, 3.05) is 20.0 Å². The van der Waals surface area contributed by atoms with Gasteiger partial charge >= 0.3 is 0 Å². The molecule has 1 aromatic rings. The van der Waals surface area contributed by atoms with E-state index in [1.165, 1.54) is 18.6 Å². The summed E-state index contributed by atoms with van der Waals surface area (Å²) < 4.78 is 10.4. The van der Waals surface area contributed by atoms with Gasteiger partial charge < -0.3 is 9.47 Å². The second-order valence-electron chi connectivity index (χ2n) is 3.64. The van der Waals surface area contributed by atoms with Gasteiger partial charge in [0.05, 0.1) is 10.9 Å². The van der Waals surface area contributed by atoms with Crippen molar-refractivity contribution in [1.29, 1.82) is 0 Å². The van der Waals surface area contributed by atoms with Crippen LogP contribution in [0.3, 0.4) is 0 Å². The summed E-state index contributed by atoms with van der Waals surface area (Å²) in [7, 11) is 3.22. The highest BCUT2D eigenvalue weighted by atomic mass is 32.2. The molecular formula is C11H16N2O2S. The summed E-state index contributed by atoms with van der Waals surface area (Å²) in [4.78, 5) is 8.84. The minimum atomic E-state index is -0.395. The third-order valence-corrected chi connectivity index (χ3v) is 3.96. The molecular weight excluding hydrogens is 224 g/mol. The second kappa shape index (κ2) is 5.61. The number of rotatable bonds is 4. The first-order valence-electron chi connectivity index (χ1n) is 5.35. The molecule has 1 saturated heterocycles. The third kappa shape index (κ3) is 2.53. The van der Waals surface area contributed by atoms with Crippen molar-refractivity contribution in [1.82, 2.24) is 9.97 Å². The predicted molar refractivity (Wildman–Crippen MR) is 63.2 cm³/mol. The number of hydrogen-bond donors (Lipinski definition) is 0. The van der Waals surface area contributed by atoms with Gasteiger partial charge in [-0.25, -0.2) is 9.97 Å². The summed E-state index contributed by atoms with van der Waals surface area (Å²) >= 11 is 1.92. The minimum absolute atomic E-state index is 0.395. The molecule has 0 amide bonds. The molecule has 1 fully saturated rings. The molecule has 1 aliphatic heterocycles. The lowest BCUT2D eigenvalue weighted by Gasteiger charge is -2.14. The van der Waals surface area contributed by atoms with E-state index in [-0.39, 0.29) is 0 Å². The van der Waals surface area contributed by atoms with Crippen molar-refractivity contribution in [3.63, 3.8) is 0 Å². The molecule has 2 heterocycles. The maximum absolute atomic E-state index is 5.18. The zero-order valence-corrected chi connectivity index (χ0v) is 10.4. The number of thioether (sulfide) groups is 1. The summed E-state index contributed by atoms with van der Waals surface area (Å²) in [5.74, 6) is 2.11. The number of ether oxygens (including phenoxy) is 2. The van der Waals surface area contributed by atoms with Gasteiger partial charge in [0, 0.05) is 20.4 Å². The molecule has 0 aromatic carbocycles. The Labute approximate surface area is 99.8 Å². The van der Waals surface area contributed by atoms with Crippen molar-refractivity contribution in [2.45, 2.75) is 24.4 Å². The smallest absolute Gasteiger partial charge is 0.200 e. The zero-order chi connectivity index (χ0) is 11.4. The van der Waals surface area contributed by atoms with Crippen LogP contribution in [0.2, 0.25) is 0 Å². The minimum Gasteiger partial charge on any atom is -0.350 e. The van der Waals surface area contributed by atoms with Gasteiger partial charge in [-0.3, -0.25) is 0 Å². The van der Waals surface area contributed by atoms with Gasteiger partial charge in [0.1, 0.15) is 5.82 Å². The quantitative estimate of drug-likeness (QED) is 0.756. The van der Waals surface area contributed by atoms with E-state index in [0.717, 1.165) is 11.5 Å². The number of methoxy groups -OCH3 is 2. The summed E-state index contributed by atoms with van der Waals surface area (Å²) in [6.45, 7) is 0. The lowest BCUT2D eigenvalue weighted by Crippen LogP contribution is -2.09. The van der Waals surface area contributed by atoms with Crippen LogP contribution in [0, 0.1) is 0 Å². The first-order chi connectivity index (χ1) is 7.85. The van der Waals surface area contributed by atoms with Crippen LogP contribution in [-0.2, 0) is 9.47 Å². The average molecular weight is 240 g/mol. The van der Waals surface area contributed by atoms with Crippen LogP contribution in [-0.4, -0.2) is 29.9 Å². The highest BCUT2D eigenvalue weighted by Gasteiger charge is 2.21. The van der Waals surface area contributed by atoms with E-state index in [2.05, 4.69) is 9.97 Å². The SMILES string of the molecule is COC(OC)c1ccnc(C2CCCS2)n1. The molecule has 1 aromatic heterocycles. The Morgan fingerprint density at radius 1 is 1.44 bits per heavy atom. The van der Waals surface area contributed by atoms with Gasteiger partial charge in [-0.05, 0) is 24.7 Å². The summed E-state index contributed by atoms with van der Waals surface area (Å²) in [5.41, 5.74) is 0.794. The van der Waals surface area contributed by atoms with Crippen molar-refractivity contribution in [3.8, 4) is 0 Å². The van der Waals surface area contributed by atoms with Gasteiger partial charge in [0.2, 0.25) is 6.29 Å². The highest BCUT2D eigenvalue weighted by Crippen LogP contribution is 2.38. The molecule has 4 nitrogen and oxygen atoms in total. The van der Waals surface area contributed by atoms with E-state index in [0.29, 0.717) is 5.25 Å². The zero-order valence-electron chi connectivity index (χ0n) is 9.55. The number of hydrogen-bond acceptors (Lipinski definition) is 5. The van der Waals surface area contributed by atoms with E-state index >= 15 is 0 Å². The summed E-state index contributed by atoms with van der Waals surface area (Å²) in [6, 6.07) is 1.83. The van der Waals surface area contributed by atoms with Crippen LogP contribution in [0.1, 0.15) is 35.9 Å². The van der Waals surface area contributed by atoms with Crippen LogP contribution in [0.25, 0.3) is 0 Å². The molecule has 0 aliphatic carbocycles. The van der Waals surface area contributed by atoms with Crippen LogP contribution >= 0.6 is 11.8 Å². The largest absolute Gasteiger partial charge is 0.350 e. The topological polar surface area (TPSA) is 44.2 Å². The fourth-order valence-electron chi connectivity index (χ4n) is 1.79. The Hall–Kier alpha value is -0.650. The van der Waals surface area contributed by atoms with Crippen molar-refractivity contribution in [3.05, 3.63) is 23.8 Å². The number of aromatic nitrogens is 2. The maximum atomic E-state index is 5.18. The molecule has 0 saturated carbocycles. The molecule has 16 heavy (non-hydrogen) atoms. The maximum Gasteiger partial charge on any atom is 0.200 e. The lowest BCUT2D eigenvalue weighted by molar-refractivity contribution is -0.108. The first-order valence-corrected chi connectivity index (χ1v) is 6.40. The number of nitrogens with zero attached hydrogens (tertiary/aromatic N) is 2. The fourth-order valence-corrected chi connectivity index (χ4v) is 3.01. The second-order valence-corrected chi connectivity index (χ2v) is 4.96. The van der Waals surface area contributed by atoms with Gasteiger partial charge in [0.15, 0.2) is 0 Å². The molecule has 1 aliphatic rings. The Morgan fingerprint density at radius 3 is 2.88 bits per heavy atom.